The number of rotatable bonds is 1. The van der Waals surface area contributed by atoms with Crippen LogP contribution in [0.3, 0.4) is 0 Å². The van der Waals surface area contributed by atoms with Crippen LogP contribution < -0.4 is 0 Å². The summed E-state index contributed by atoms with van der Waals surface area (Å²) < 4.78 is 53.4. The van der Waals surface area contributed by atoms with Gasteiger partial charge in [0.25, 0.3) is 0 Å². The fourth-order valence-corrected chi connectivity index (χ4v) is 2.17. The summed E-state index contributed by atoms with van der Waals surface area (Å²) in [4.78, 5) is 7.75. The third-order valence-corrected chi connectivity index (χ3v) is 3.22. The standard InChI is InChI=1S/C14H9F4N3/c1-21-12-3-2-8(14(16,17)18)6-11(12)20-13(21)9-4-5-19-7-10(9)15/h2-7H,1H3. The molecule has 0 atom stereocenters. The zero-order chi connectivity index (χ0) is 15.2. The summed E-state index contributed by atoms with van der Waals surface area (Å²) in [7, 11) is 1.62. The lowest BCUT2D eigenvalue weighted by Crippen LogP contribution is -2.04. The fourth-order valence-electron chi connectivity index (χ4n) is 2.17. The lowest BCUT2D eigenvalue weighted by atomic mass is 10.2. The second-order valence-electron chi connectivity index (χ2n) is 4.55. The predicted molar refractivity (Wildman–Crippen MR) is 68.9 cm³/mol. The number of hydrogen-bond donors (Lipinski definition) is 0. The topological polar surface area (TPSA) is 30.7 Å². The van der Waals surface area contributed by atoms with Gasteiger partial charge in [0.2, 0.25) is 0 Å². The fraction of sp³-hybridized carbons (Fsp3) is 0.143. The Balaban J connectivity index is 2.23. The van der Waals surface area contributed by atoms with Crippen molar-refractivity contribution in [3.63, 3.8) is 0 Å². The zero-order valence-corrected chi connectivity index (χ0v) is 10.8. The number of fused-ring (bicyclic) bond motifs is 1. The molecular weight excluding hydrogens is 286 g/mol. The van der Waals surface area contributed by atoms with E-state index < -0.39 is 17.6 Å². The van der Waals surface area contributed by atoms with Crippen LogP contribution in [0.5, 0.6) is 0 Å². The average molecular weight is 295 g/mol. The van der Waals surface area contributed by atoms with Gasteiger partial charge in [0.05, 0.1) is 28.4 Å². The van der Waals surface area contributed by atoms with Crippen LogP contribution in [0.1, 0.15) is 5.56 Å². The van der Waals surface area contributed by atoms with Crippen LogP contribution in [0.2, 0.25) is 0 Å². The van der Waals surface area contributed by atoms with Crippen molar-refractivity contribution in [1.29, 1.82) is 0 Å². The van der Waals surface area contributed by atoms with Crippen molar-refractivity contribution in [2.24, 2.45) is 7.05 Å². The number of aromatic nitrogens is 3. The third-order valence-electron chi connectivity index (χ3n) is 3.22. The van der Waals surface area contributed by atoms with Crippen molar-refractivity contribution >= 4 is 11.0 Å². The van der Waals surface area contributed by atoms with E-state index in [0.29, 0.717) is 5.52 Å². The van der Waals surface area contributed by atoms with Gasteiger partial charge in [-0.05, 0) is 24.3 Å². The molecule has 3 rings (SSSR count). The maximum Gasteiger partial charge on any atom is 0.416 e. The summed E-state index contributed by atoms with van der Waals surface area (Å²) in [5.41, 5.74) is 0.0693. The van der Waals surface area contributed by atoms with Gasteiger partial charge in [-0.2, -0.15) is 13.2 Å². The van der Waals surface area contributed by atoms with E-state index in [1.807, 2.05) is 0 Å². The Kier molecular flexibility index (Phi) is 2.93. The molecule has 3 aromatic rings. The summed E-state index contributed by atoms with van der Waals surface area (Å²) in [6, 6.07) is 4.70. The molecule has 0 aliphatic heterocycles. The largest absolute Gasteiger partial charge is 0.416 e. The highest BCUT2D eigenvalue weighted by Crippen LogP contribution is 2.32. The van der Waals surface area contributed by atoms with Crippen LogP contribution in [-0.2, 0) is 13.2 Å². The summed E-state index contributed by atoms with van der Waals surface area (Å²) in [5, 5.41) is 0. The van der Waals surface area contributed by atoms with Gasteiger partial charge in [0.15, 0.2) is 5.82 Å². The molecule has 0 spiro atoms. The molecule has 108 valence electrons. The lowest BCUT2D eigenvalue weighted by molar-refractivity contribution is -0.137. The molecule has 21 heavy (non-hydrogen) atoms. The van der Waals surface area contributed by atoms with E-state index in [4.69, 9.17) is 0 Å². The quantitative estimate of drug-likeness (QED) is 0.639. The highest BCUT2D eigenvalue weighted by atomic mass is 19.4. The molecule has 7 heteroatoms. The van der Waals surface area contributed by atoms with E-state index in [9.17, 15) is 17.6 Å². The van der Waals surface area contributed by atoms with Gasteiger partial charge in [0.1, 0.15) is 5.82 Å². The van der Waals surface area contributed by atoms with Crippen molar-refractivity contribution in [3.8, 4) is 11.4 Å². The van der Waals surface area contributed by atoms with Crippen molar-refractivity contribution in [2.75, 3.05) is 0 Å². The van der Waals surface area contributed by atoms with E-state index in [-0.39, 0.29) is 16.9 Å². The van der Waals surface area contributed by atoms with Crippen molar-refractivity contribution in [2.45, 2.75) is 6.18 Å². The van der Waals surface area contributed by atoms with E-state index in [1.165, 1.54) is 18.3 Å². The molecule has 0 saturated carbocycles. The Morgan fingerprint density at radius 2 is 1.90 bits per heavy atom. The SMILES string of the molecule is Cn1c(-c2ccncc2F)nc2cc(C(F)(F)F)ccc21. The number of alkyl halides is 3. The summed E-state index contributed by atoms with van der Waals surface area (Å²) in [6.07, 6.45) is -2.00. The Hall–Kier alpha value is -2.44. The number of pyridine rings is 1. The first-order valence-corrected chi connectivity index (χ1v) is 6.01. The Bertz CT molecular complexity index is 821. The van der Waals surface area contributed by atoms with Gasteiger partial charge in [-0.25, -0.2) is 9.37 Å². The lowest BCUT2D eigenvalue weighted by Gasteiger charge is -2.06. The molecule has 0 aliphatic rings. The van der Waals surface area contributed by atoms with Crippen LogP contribution in [0.15, 0.2) is 36.7 Å². The minimum absolute atomic E-state index is 0.165. The highest BCUT2D eigenvalue weighted by Gasteiger charge is 2.31. The second-order valence-corrected chi connectivity index (χ2v) is 4.55. The maximum absolute atomic E-state index is 13.8. The van der Waals surface area contributed by atoms with E-state index in [0.717, 1.165) is 18.3 Å². The minimum Gasteiger partial charge on any atom is -0.327 e. The van der Waals surface area contributed by atoms with E-state index in [2.05, 4.69) is 9.97 Å². The molecule has 0 aliphatic carbocycles. The van der Waals surface area contributed by atoms with Crippen LogP contribution in [0.4, 0.5) is 17.6 Å². The Morgan fingerprint density at radius 1 is 1.14 bits per heavy atom. The Labute approximate surface area is 116 Å². The summed E-state index contributed by atoms with van der Waals surface area (Å²) in [5.74, 6) is -0.323. The number of benzene rings is 1. The number of aryl methyl sites for hydroxylation is 1. The van der Waals surface area contributed by atoms with Gasteiger partial charge < -0.3 is 4.57 Å². The molecule has 0 amide bonds. The van der Waals surface area contributed by atoms with Crippen LogP contribution in [0.25, 0.3) is 22.4 Å². The van der Waals surface area contributed by atoms with Gasteiger partial charge in [0, 0.05) is 13.2 Å². The first-order valence-electron chi connectivity index (χ1n) is 6.01. The normalized spacial score (nSPS) is 12.0. The molecule has 0 fully saturated rings. The van der Waals surface area contributed by atoms with E-state index in [1.54, 1.807) is 11.6 Å². The first-order chi connectivity index (χ1) is 9.88. The number of halogens is 4. The van der Waals surface area contributed by atoms with Crippen LogP contribution in [-0.4, -0.2) is 14.5 Å². The third kappa shape index (κ3) is 2.24. The van der Waals surface area contributed by atoms with Crippen molar-refractivity contribution in [1.82, 2.24) is 14.5 Å². The second kappa shape index (κ2) is 4.54. The van der Waals surface area contributed by atoms with Gasteiger partial charge in [-0.1, -0.05) is 0 Å². The predicted octanol–water partition coefficient (Wildman–Crippen LogP) is 3.79. The van der Waals surface area contributed by atoms with Crippen molar-refractivity contribution < 1.29 is 17.6 Å². The molecule has 0 saturated heterocycles. The van der Waals surface area contributed by atoms with Crippen LogP contribution >= 0.6 is 0 Å². The van der Waals surface area contributed by atoms with Gasteiger partial charge >= 0.3 is 6.18 Å². The summed E-state index contributed by atoms with van der Waals surface area (Å²) >= 11 is 0. The van der Waals surface area contributed by atoms with Crippen molar-refractivity contribution in [3.05, 3.63) is 48.0 Å². The molecule has 2 heterocycles. The average Bonchev–Trinajstić information content (AvgIpc) is 2.75. The monoisotopic (exact) mass is 295 g/mol. The number of hydrogen-bond acceptors (Lipinski definition) is 2. The molecule has 0 unspecified atom stereocenters. The minimum atomic E-state index is -4.44. The molecule has 3 nitrogen and oxygen atoms in total. The number of imidazole rings is 1. The highest BCUT2D eigenvalue weighted by molar-refractivity contribution is 5.81. The smallest absolute Gasteiger partial charge is 0.327 e. The van der Waals surface area contributed by atoms with Gasteiger partial charge in [-0.15, -0.1) is 0 Å². The molecule has 1 aromatic carbocycles. The molecule has 2 aromatic heterocycles. The zero-order valence-electron chi connectivity index (χ0n) is 10.8. The molecular formula is C14H9F4N3. The molecule has 0 N–H and O–H groups in total. The number of nitrogens with zero attached hydrogens (tertiary/aromatic N) is 3. The molecule has 0 radical (unpaired) electrons. The van der Waals surface area contributed by atoms with Crippen LogP contribution in [0, 0.1) is 5.82 Å². The van der Waals surface area contributed by atoms with Gasteiger partial charge in [-0.3, -0.25) is 4.98 Å². The maximum atomic E-state index is 13.8. The Morgan fingerprint density at radius 3 is 2.57 bits per heavy atom. The molecule has 0 bridgehead atoms. The first kappa shape index (κ1) is 13.5. The van der Waals surface area contributed by atoms with E-state index >= 15 is 0 Å². The summed E-state index contributed by atoms with van der Waals surface area (Å²) in [6.45, 7) is 0.